The van der Waals surface area contributed by atoms with E-state index in [2.05, 4.69) is 42.0 Å². The van der Waals surface area contributed by atoms with Crippen LogP contribution in [-0.4, -0.2) is 27.5 Å². The zero-order valence-electron chi connectivity index (χ0n) is 15.2. The molecule has 0 atom stereocenters. The summed E-state index contributed by atoms with van der Waals surface area (Å²) in [5.74, 6) is -0.0165. The van der Waals surface area contributed by atoms with Crippen LogP contribution in [-0.2, 0) is 4.79 Å². The van der Waals surface area contributed by atoms with E-state index in [1.807, 2.05) is 13.8 Å². The first-order valence-corrected chi connectivity index (χ1v) is 9.58. The number of pyridine rings is 1. The van der Waals surface area contributed by atoms with Crippen LogP contribution in [0.25, 0.3) is 5.57 Å². The Balaban J connectivity index is 2.03. The molecule has 0 N–H and O–H groups in total. The van der Waals surface area contributed by atoms with Gasteiger partial charge in [0.1, 0.15) is 0 Å². The molecule has 1 aliphatic heterocycles. The van der Waals surface area contributed by atoms with Crippen molar-refractivity contribution in [1.29, 1.82) is 0 Å². The number of amidine groups is 1. The maximum Gasteiger partial charge on any atom is 0.267 e. The number of nitrogens with zero attached hydrogens (tertiary/aromatic N) is 3. The summed E-state index contributed by atoms with van der Waals surface area (Å²) >= 11 is 7.56. The van der Waals surface area contributed by atoms with Gasteiger partial charge in [-0.2, -0.15) is 0 Å². The number of likely N-dealkylation sites (N-methyl/N-ethyl adjacent to an activating group) is 1. The number of amides is 1. The second-order valence-corrected chi connectivity index (χ2v) is 7.51. The fourth-order valence-corrected chi connectivity index (χ4v) is 3.94. The minimum absolute atomic E-state index is 0.0165. The lowest BCUT2D eigenvalue weighted by Crippen LogP contribution is -2.28. The second kappa shape index (κ2) is 7.64. The second-order valence-electron chi connectivity index (χ2n) is 6.13. The van der Waals surface area contributed by atoms with Crippen molar-refractivity contribution in [3.63, 3.8) is 0 Å². The van der Waals surface area contributed by atoms with Gasteiger partial charge in [0.15, 0.2) is 5.17 Å². The van der Waals surface area contributed by atoms with Crippen LogP contribution < -0.4 is 0 Å². The molecule has 1 amide bonds. The van der Waals surface area contributed by atoms with Crippen LogP contribution in [0, 0.1) is 13.8 Å². The van der Waals surface area contributed by atoms with E-state index in [0.29, 0.717) is 27.3 Å². The van der Waals surface area contributed by atoms with Crippen molar-refractivity contribution in [2.24, 2.45) is 4.99 Å². The zero-order chi connectivity index (χ0) is 18.8. The average Bonchev–Trinajstić information content (AvgIpc) is 2.94. The summed E-state index contributed by atoms with van der Waals surface area (Å²) in [4.78, 5) is 23.9. The Morgan fingerprint density at radius 2 is 2.04 bits per heavy atom. The Hall–Kier alpha value is -2.11. The molecule has 0 saturated carbocycles. The first-order valence-electron chi connectivity index (χ1n) is 8.38. The summed E-state index contributed by atoms with van der Waals surface area (Å²) in [6.45, 7) is 8.64. The van der Waals surface area contributed by atoms with Crippen molar-refractivity contribution in [2.75, 3.05) is 6.54 Å². The SMILES string of the molecule is CCN1C(=O)/C(=C(\C)c2ccc(C)c(C)c2)SC1=Nc1ccncc1Cl. The molecule has 0 aliphatic carbocycles. The van der Waals surface area contributed by atoms with Crippen LogP contribution in [0.4, 0.5) is 5.69 Å². The number of aliphatic imine (C=N–C) groups is 1. The molecule has 2 heterocycles. The molecule has 0 radical (unpaired) electrons. The predicted octanol–water partition coefficient (Wildman–Crippen LogP) is 5.37. The third kappa shape index (κ3) is 3.55. The molecule has 1 aromatic carbocycles. The first-order chi connectivity index (χ1) is 12.4. The van der Waals surface area contributed by atoms with E-state index in [0.717, 1.165) is 11.1 Å². The highest BCUT2D eigenvalue weighted by Gasteiger charge is 2.34. The fourth-order valence-electron chi connectivity index (χ4n) is 2.67. The van der Waals surface area contributed by atoms with E-state index >= 15 is 0 Å². The summed E-state index contributed by atoms with van der Waals surface area (Å²) in [5.41, 5.74) is 5.08. The number of hydrogen-bond donors (Lipinski definition) is 0. The standard InChI is InChI=1S/C20H20ClN3OS/c1-5-24-19(25)18(14(4)15-7-6-12(2)13(3)10-15)26-20(24)23-17-8-9-22-11-16(17)21/h6-11H,5H2,1-4H3/b18-14-,23-20?. The van der Waals surface area contributed by atoms with E-state index in [-0.39, 0.29) is 5.91 Å². The normalized spacial score (nSPS) is 18.0. The Morgan fingerprint density at radius 3 is 2.69 bits per heavy atom. The third-order valence-electron chi connectivity index (χ3n) is 4.43. The smallest absolute Gasteiger partial charge is 0.267 e. The lowest BCUT2D eigenvalue weighted by Gasteiger charge is -2.12. The van der Waals surface area contributed by atoms with Gasteiger partial charge >= 0.3 is 0 Å². The molecule has 1 aromatic heterocycles. The maximum atomic E-state index is 12.9. The minimum Gasteiger partial charge on any atom is -0.287 e. The number of carbonyl (C=O) groups is 1. The number of thioether (sulfide) groups is 1. The lowest BCUT2D eigenvalue weighted by atomic mass is 10.0. The summed E-state index contributed by atoms with van der Waals surface area (Å²) in [5, 5.41) is 1.11. The number of halogens is 1. The first kappa shape index (κ1) is 18.7. The number of benzene rings is 1. The van der Waals surface area contributed by atoms with Crippen molar-refractivity contribution in [2.45, 2.75) is 27.7 Å². The van der Waals surface area contributed by atoms with Crippen LogP contribution in [0.15, 0.2) is 46.6 Å². The molecular formula is C20H20ClN3OS. The molecule has 6 heteroatoms. The Morgan fingerprint density at radius 1 is 1.27 bits per heavy atom. The van der Waals surface area contributed by atoms with Crippen molar-refractivity contribution < 1.29 is 4.79 Å². The lowest BCUT2D eigenvalue weighted by molar-refractivity contribution is -0.122. The van der Waals surface area contributed by atoms with Crippen LogP contribution >= 0.6 is 23.4 Å². The summed E-state index contributed by atoms with van der Waals surface area (Å²) < 4.78 is 0. The monoisotopic (exact) mass is 385 g/mol. The Bertz CT molecular complexity index is 936. The largest absolute Gasteiger partial charge is 0.287 e. The van der Waals surface area contributed by atoms with E-state index in [1.54, 1.807) is 23.4 Å². The van der Waals surface area contributed by atoms with Gasteiger partial charge < -0.3 is 0 Å². The molecule has 1 fully saturated rings. The molecular weight excluding hydrogens is 366 g/mol. The van der Waals surface area contributed by atoms with Gasteiger partial charge in [-0.25, -0.2) is 4.99 Å². The van der Waals surface area contributed by atoms with E-state index < -0.39 is 0 Å². The average molecular weight is 386 g/mol. The summed E-state index contributed by atoms with van der Waals surface area (Å²) in [6, 6.07) is 8.01. The minimum atomic E-state index is -0.0165. The zero-order valence-corrected chi connectivity index (χ0v) is 16.8. The topological polar surface area (TPSA) is 45.6 Å². The van der Waals surface area contributed by atoms with Crippen LogP contribution in [0.3, 0.4) is 0 Å². The molecule has 1 aliphatic rings. The van der Waals surface area contributed by atoms with Crippen LogP contribution in [0.2, 0.25) is 5.02 Å². The Labute approximate surface area is 163 Å². The molecule has 1 saturated heterocycles. The number of carbonyl (C=O) groups excluding carboxylic acids is 1. The van der Waals surface area contributed by atoms with Gasteiger partial charge in [-0.3, -0.25) is 14.7 Å². The number of aromatic nitrogens is 1. The van der Waals surface area contributed by atoms with Gasteiger partial charge in [-0.15, -0.1) is 0 Å². The molecule has 0 bridgehead atoms. The molecule has 0 unspecified atom stereocenters. The van der Waals surface area contributed by atoms with E-state index in [9.17, 15) is 4.79 Å². The number of hydrogen-bond acceptors (Lipinski definition) is 4. The molecule has 0 spiro atoms. The van der Waals surface area contributed by atoms with Crippen molar-refractivity contribution in [3.05, 3.63) is 63.3 Å². The highest BCUT2D eigenvalue weighted by molar-refractivity contribution is 8.18. The van der Waals surface area contributed by atoms with Gasteiger partial charge in [0, 0.05) is 18.9 Å². The fraction of sp³-hybridized carbons (Fsp3) is 0.250. The highest BCUT2D eigenvalue weighted by Crippen LogP contribution is 2.38. The quantitative estimate of drug-likeness (QED) is 0.667. The molecule has 2 aromatic rings. The van der Waals surface area contributed by atoms with Crippen molar-refractivity contribution in [1.82, 2.24) is 9.88 Å². The van der Waals surface area contributed by atoms with Gasteiger partial charge in [-0.05, 0) is 67.8 Å². The molecule has 3 rings (SSSR count). The molecule has 4 nitrogen and oxygen atoms in total. The Kier molecular flexibility index (Phi) is 5.49. The van der Waals surface area contributed by atoms with E-state index in [1.165, 1.54) is 22.9 Å². The van der Waals surface area contributed by atoms with Crippen molar-refractivity contribution >= 4 is 45.7 Å². The van der Waals surface area contributed by atoms with Gasteiger partial charge in [0.2, 0.25) is 0 Å². The maximum absolute atomic E-state index is 12.9. The number of rotatable bonds is 3. The highest BCUT2D eigenvalue weighted by atomic mass is 35.5. The predicted molar refractivity (Wildman–Crippen MR) is 110 cm³/mol. The van der Waals surface area contributed by atoms with E-state index in [4.69, 9.17) is 11.6 Å². The number of allylic oxidation sites excluding steroid dienone is 1. The van der Waals surface area contributed by atoms with Gasteiger partial charge in [0.05, 0.1) is 15.6 Å². The van der Waals surface area contributed by atoms with Crippen LogP contribution in [0.1, 0.15) is 30.5 Å². The van der Waals surface area contributed by atoms with Crippen LogP contribution in [0.5, 0.6) is 0 Å². The van der Waals surface area contributed by atoms with Gasteiger partial charge in [-0.1, -0.05) is 29.8 Å². The van der Waals surface area contributed by atoms with Gasteiger partial charge in [0.25, 0.3) is 5.91 Å². The number of aryl methyl sites for hydroxylation is 2. The molecule has 134 valence electrons. The molecule has 26 heavy (non-hydrogen) atoms. The van der Waals surface area contributed by atoms with Crippen molar-refractivity contribution in [3.8, 4) is 0 Å². The third-order valence-corrected chi connectivity index (χ3v) is 5.90. The summed E-state index contributed by atoms with van der Waals surface area (Å²) in [6.07, 6.45) is 3.19. The summed E-state index contributed by atoms with van der Waals surface area (Å²) in [7, 11) is 0.